The number of halogens is 2. The van der Waals surface area contributed by atoms with E-state index < -0.39 is 5.60 Å². The van der Waals surface area contributed by atoms with Crippen LogP contribution in [0.15, 0.2) is 42.5 Å². The maximum Gasteiger partial charge on any atom is 0.227 e. The fourth-order valence-electron chi connectivity index (χ4n) is 4.10. The van der Waals surface area contributed by atoms with Gasteiger partial charge in [0.05, 0.1) is 29.2 Å². The third-order valence-corrected chi connectivity index (χ3v) is 6.47. The highest BCUT2D eigenvalue weighted by molar-refractivity contribution is 6.42. The van der Waals surface area contributed by atoms with Gasteiger partial charge in [-0.1, -0.05) is 41.4 Å². The molecule has 1 heterocycles. The Labute approximate surface area is 188 Å². The summed E-state index contributed by atoms with van der Waals surface area (Å²) in [5, 5.41) is 12.6. The quantitative estimate of drug-likeness (QED) is 0.725. The molecule has 2 aromatic rings. The van der Waals surface area contributed by atoms with Gasteiger partial charge in [0, 0.05) is 25.6 Å². The van der Waals surface area contributed by atoms with Gasteiger partial charge in [0.2, 0.25) is 5.91 Å². The Hall–Kier alpha value is -1.79. The van der Waals surface area contributed by atoms with Crippen LogP contribution in [0.2, 0.25) is 10.0 Å². The molecular formula is C23H28Cl2N2O3. The van der Waals surface area contributed by atoms with Crippen molar-refractivity contribution in [1.82, 2.24) is 9.80 Å². The molecule has 0 aromatic heterocycles. The number of rotatable bonds is 6. The Balaban J connectivity index is 1.79. The van der Waals surface area contributed by atoms with Gasteiger partial charge >= 0.3 is 0 Å². The number of nitrogens with zero attached hydrogens (tertiary/aromatic N) is 2. The first-order chi connectivity index (χ1) is 14.2. The largest absolute Gasteiger partial charge is 0.497 e. The second-order valence-electron chi connectivity index (χ2n) is 8.13. The van der Waals surface area contributed by atoms with E-state index in [1.165, 1.54) is 0 Å². The number of aliphatic hydroxyl groups is 1. The molecule has 2 unspecified atom stereocenters. The summed E-state index contributed by atoms with van der Waals surface area (Å²) in [5.74, 6) is 0.596. The molecule has 1 fully saturated rings. The van der Waals surface area contributed by atoms with Crippen molar-refractivity contribution in [2.75, 3.05) is 40.8 Å². The molecule has 30 heavy (non-hydrogen) atoms. The van der Waals surface area contributed by atoms with Crippen molar-refractivity contribution in [3.8, 4) is 5.75 Å². The van der Waals surface area contributed by atoms with Gasteiger partial charge in [-0.05, 0) is 55.9 Å². The lowest BCUT2D eigenvalue weighted by Gasteiger charge is -2.46. The highest BCUT2D eigenvalue weighted by Crippen LogP contribution is 2.39. The summed E-state index contributed by atoms with van der Waals surface area (Å²) in [5.41, 5.74) is 0.622. The molecule has 1 N–H and O–H groups in total. The van der Waals surface area contributed by atoms with Crippen molar-refractivity contribution in [3.63, 3.8) is 0 Å². The molecule has 3 rings (SSSR count). The van der Waals surface area contributed by atoms with E-state index in [4.69, 9.17) is 27.9 Å². The van der Waals surface area contributed by atoms with Crippen LogP contribution >= 0.6 is 23.2 Å². The number of likely N-dealkylation sites (tertiary alicyclic amines) is 1. The van der Waals surface area contributed by atoms with E-state index in [1.807, 2.05) is 54.2 Å². The third-order valence-electron chi connectivity index (χ3n) is 5.73. The lowest BCUT2D eigenvalue weighted by atomic mass is 9.75. The molecule has 2 atom stereocenters. The van der Waals surface area contributed by atoms with Crippen LogP contribution in [0.1, 0.15) is 17.5 Å². The van der Waals surface area contributed by atoms with E-state index in [0.717, 1.165) is 11.1 Å². The predicted molar refractivity (Wildman–Crippen MR) is 120 cm³/mol. The van der Waals surface area contributed by atoms with Gasteiger partial charge in [0.15, 0.2) is 0 Å². The second kappa shape index (κ2) is 9.56. The molecule has 1 amide bonds. The highest BCUT2D eigenvalue weighted by atomic mass is 35.5. The SMILES string of the molecule is COc1cccc(C2(O)CCN(C(=O)Cc3ccc(Cl)c(Cl)c3)CC2CN(C)C)c1. The first kappa shape index (κ1) is 22.9. The highest BCUT2D eigenvalue weighted by Gasteiger charge is 2.44. The maximum absolute atomic E-state index is 13.0. The van der Waals surface area contributed by atoms with Crippen LogP contribution < -0.4 is 4.74 Å². The number of amides is 1. The Kier molecular flexibility index (Phi) is 7.30. The minimum atomic E-state index is -1.03. The van der Waals surface area contributed by atoms with Gasteiger partial charge in [0.25, 0.3) is 0 Å². The summed E-state index contributed by atoms with van der Waals surface area (Å²) in [6, 6.07) is 12.8. The standard InChI is InChI=1S/C23H28Cl2N2O3/c1-26(2)14-18-15-27(22(28)12-16-7-8-20(24)21(25)11-16)10-9-23(18,29)17-5-4-6-19(13-17)30-3/h4-8,11,13,18,29H,9-10,12,14-15H2,1-3H3. The van der Waals surface area contributed by atoms with Crippen molar-refractivity contribution >= 4 is 29.1 Å². The molecule has 0 saturated carbocycles. The van der Waals surface area contributed by atoms with Crippen molar-refractivity contribution < 1.29 is 14.6 Å². The Morgan fingerprint density at radius 3 is 2.67 bits per heavy atom. The molecule has 0 bridgehead atoms. The molecular weight excluding hydrogens is 423 g/mol. The van der Waals surface area contributed by atoms with Crippen LogP contribution in [-0.2, 0) is 16.8 Å². The van der Waals surface area contributed by atoms with Crippen LogP contribution in [0.4, 0.5) is 0 Å². The van der Waals surface area contributed by atoms with Crippen molar-refractivity contribution in [2.45, 2.75) is 18.4 Å². The molecule has 0 aliphatic carbocycles. The van der Waals surface area contributed by atoms with Crippen LogP contribution in [-0.4, -0.2) is 61.7 Å². The molecule has 1 aliphatic rings. The van der Waals surface area contributed by atoms with Gasteiger partial charge in [-0.25, -0.2) is 0 Å². The lowest BCUT2D eigenvalue weighted by molar-refractivity contribution is -0.141. The Morgan fingerprint density at radius 1 is 1.23 bits per heavy atom. The topological polar surface area (TPSA) is 53.0 Å². The normalized spacial score (nSPS) is 21.7. The maximum atomic E-state index is 13.0. The molecule has 0 spiro atoms. The first-order valence-electron chi connectivity index (χ1n) is 9.96. The average Bonchev–Trinajstić information content (AvgIpc) is 2.72. The van der Waals surface area contributed by atoms with Gasteiger partial charge in [-0.2, -0.15) is 0 Å². The fourth-order valence-corrected chi connectivity index (χ4v) is 4.42. The molecule has 7 heteroatoms. The number of methoxy groups -OCH3 is 1. The van der Waals surface area contributed by atoms with Crippen molar-refractivity contribution in [3.05, 3.63) is 63.6 Å². The zero-order valence-corrected chi connectivity index (χ0v) is 19.1. The zero-order chi connectivity index (χ0) is 21.9. The van der Waals surface area contributed by atoms with E-state index in [1.54, 1.807) is 19.2 Å². The van der Waals surface area contributed by atoms with Gasteiger partial charge in [0.1, 0.15) is 5.75 Å². The fraction of sp³-hybridized carbons (Fsp3) is 0.435. The summed E-state index contributed by atoms with van der Waals surface area (Å²) in [7, 11) is 5.57. The van der Waals surface area contributed by atoms with Gasteiger partial charge in [-0.3, -0.25) is 4.79 Å². The van der Waals surface area contributed by atoms with Crippen LogP contribution in [0.3, 0.4) is 0 Å². The minimum absolute atomic E-state index is 0.0184. The number of hydrogen-bond acceptors (Lipinski definition) is 4. The van der Waals surface area contributed by atoms with E-state index in [9.17, 15) is 9.90 Å². The summed E-state index contributed by atoms with van der Waals surface area (Å²) in [6.45, 7) is 1.62. The molecule has 2 aromatic carbocycles. The summed E-state index contributed by atoms with van der Waals surface area (Å²) < 4.78 is 5.34. The number of hydrogen-bond donors (Lipinski definition) is 1. The zero-order valence-electron chi connectivity index (χ0n) is 17.6. The van der Waals surface area contributed by atoms with E-state index in [-0.39, 0.29) is 18.2 Å². The monoisotopic (exact) mass is 450 g/mol. The Bertz CT molecular complexity index is 906. The van der Waals surface area contributed by atoms with Crippen LogP contribution in [0.25, 0.3) is 0 Å². The summed E-state index contributed by atoms with van der Waals surface area (Å²) in [6.07, 6.45) is 0.717. The Morgan fingerprint density at radius 2 is 2.00 bits per heavy atom. The smallest absolute Gasteiger partial charge is 0.227 e. The number of piperidine rings is 1. The number of ether oxygens (including phenoxy) is 1. The average molecular weight is 451 g/mol. The van der Waals surface area contributed by atoms with Crippen molar-refractivity contribution in [1.29, 1.82) is 0 Å². The van der Waals surface area contributed by atoms with E-state index >= 15 is 0 Å². The summed E-state index contributed by atoms with van der Waals surface area (Å²) in [4.78, 5) is 16.9. The summed E-state index contributed by atoms with van der Waals surface area (Å²) >= 11 is 12.1. The molecule has 0 radical (unpaired) electrons. The molecule has 5 nitrogen and oxygen atoms in total. The second-order valence-corrected chi connectivity index (χ2v) is 8.94. The molecule has 1 saturated heterocycles. The van der Waals surface area contributed by atoms with E-state index in [0.29, 0.717) is 41.8 Å². The number of carbonyl (C=O) groups is 1. The molecule has 162 valence electrons. The predicted octanol–water partition coefficient (Wildman–Crippen LogP) is 3.84. The first-order valence-corrected chi connectivity index (χ1v) is 10.7. The number of benzene rings is 2. The van der Waals surface area contributed by atoms with Crippen LogP contribution in [0, 0.1) is 5.92 Å². The number of carbonyl (C=O) groups excluding carboxylic acids is 1. The van der Waals surface area contributed by atoms with Crippen LogP contribution in [0.5, 0.6) is 5.75 Å². The van der Waals surface area contributed by atoms with Gasteiger partial charge < -0.3 is 19.6 Å². The van der Waals surface area contributed by atoms with Crippen molar-refractivity contribution in [2.24, 2.45) is 5.92 Å². The van der Waals surface area contributed by atoms with Gasteiger partial charge in [-0.15, -0.1) is 0 Å². The third kappa shape index (κ3) is 5.09. The van der Waals surface area contributed by atoms with E-state index in [2.05, 4.69) is 0 Å². The lowest BCUT2D eigenvalue weighted by Crippen LogP contribution is -2.54. The minimum Gasteiger partial charge on any atom is -0.497 e. The molecule has 1 aliphatic heterocycles.